The molecule has 4 aromatic rings. The summed E-state index contributed by atoms with van der Waals surface area (Å²) in [6.07, 6.45) is -0.285. The average Bonchev–Trinajstić information content (AvgIpc) is 3.34. The third kappa shape index (κ3) is 6.60. The summed E-state index contributed by atoms with van der Waals surface area (Å²) < 4.78 is 69.9. The van der Waals surface area contributed by atoms with E-state index in [1.54, 1.807) is 12.1 Å². The molecule has 1 heterocycles. The summed E-state index contributed by atoms with van der Waals surface area (Å²) in [6, 6.07) is 12.7. The molecule has 1 saturated carbocycles. The van der Waals surface area contributed by atoms with Gasteiger partial charge in [-0.1, -0.05) is 25.3 Å². The van der Waals surface area contributed by atoms with E-state index in [2.05, 4.69) is 10.6 Å². The van der Waals surface area contributed by atoms with Gasteiger partial charge in [-0.25, -0.2) is 4.39 Å². The lowest BCUT2D eigenvalue weighted by Crippen LogP contribution is -2.27. The number of hydrogen-bond acceptors (Lipinski definition) is 5. The van der Waals surface area contributed by atoms with E-state index in [1.807, 2.05) is 0 Å². The molecule has 0 radical (unpaired) electrons. The minimum absolute atomic E-state index is 0.0846. The molecule has 0 saturated heterocycles. The molecule has 0 aliphatic heterocycles. The van der Waals surface area contributed by atoms with E-state index in [9.17, 15) is 27.2 Å². The van der Waals surface area contributed by atoms with Gasteiger partial charge in [-0.15, -0.1) is 0 Å². The summed E-state index contributed by atoms with van der Waals surface area (Å²) in [5, 5.41) is 5.74. The van der Waals surface area contributed by atoms with Gasteiger partial charge in [0.2, 0.25) is 0 Å². The molecule has 226 valence electrons. The van der Waals surface area contributed by atoms with Gasteiger partial charge in [-0.3, -0.25) is 9.59 Å². The molecule has 1 fully saturated rings. The first kappa shape index (κ1) is 29.9. The van der Waals surface area contributed by atoms with Gasteiger partial charge >= 0.3 is 6.18 Å². The summed E-state index contributed by atoms with van der Waals surface area (Å²) in [6.45, 7) is -1.09. The highest BCUT2D eigenvalue weighted by Gasteiger charge is 2.30. The number of alkyl halides is 3. The van der Waals surface area contributed by atoms with Crippen molar-refractivity contribution in [2.45, 2.75) is 31.9 Å². The maximum Gasteiger partial charge on any atom is 0.422 e. The van der Waals surface area contributed by atoms with Crippen molar-refractivity contribution in [2.24, 2.45) is 5.92 Å². The third-order valence-corrected chi connectivity index (χ3v) is 7.56. The first-order chi connectivity index (χ1) is 20.6. The number of amides is 2. The fourth-order valence-corrected chi connectivity index (χ4v) is 5.10. The fraction of sp³-hybridized carbons (Fsp3) is 0.312. The molecule has 1 aliphatic rings. The number of rotatable bonds is 10. The molecule has 7 nitrogen and oxygen atoms in total. The normalized spacial score (nSPS) is 13.4. The predicted octanol–water partition coefficient (Wildman–Crippen LogP) is 7.14. The second-order valence-corrected chi connectivity index (χ2v) is 10.4. The molecule has 3 aromatic carbocycles. The van der Waals surface area contributed by atoms with Crippen molar-refractivity contribution in [1.82, 2.24) is 10.6 Å². The Morgan fingerprint density at radius 1 is 0.977 bits per heavy atom. The Hall–Kier alpha value is -4.54. The highest BCUT2D eigenvalue weighted by atomic mass is 19.4. The first-order valence-corrected chi connectivity index (χ1v) is 13.8. The Bertz CT molecular complexity index is 1640. The molecular weight excluding hydrogens is 568 g/mol. The fourth-order valence-electron chi connectivity index (χ4n) is 5.10. The number of furan rings is 1. The Morgan fingerprint density at radius 3 is 2.33 bits per heavy atom. The Balaban J connectivity index is 1.62. The Morgan fingerprint density at radius 2 is 1.70 bits per heavy atom. The van der Waals surface area contributed by atoms with Gasteiger partial charge in [0.15, 0.2) is 6.61 Å². The van der Waals surface area contributed by atoms with E-state index in [4.69, 9.17) is 13.9 Å². The largest absolute Gasteiger partial charge is 0.496 e. The number of nitrogens with one attached hydrogen (secondary N) is 2. The highest BCUT2D eigenvalue weighted by molar-refractivity contribution is 6.12. The first-order valence-electron chi connectivity index (χ1n) is 13.8. The van der Waals surface area contributed by atoms with E-state index >= 15 is 0 Å². The van der Waals surface area contributed by atoms with Crippen LogP contribution in [-0.2, 0) is 0 Å². The number of hydrogen-bond donors (Lipinski definition) is 2. The predicted molar refractivity (Wildman–Crippen MR) is 153 cm³/mol. The Labute approximate surface area is 245 Å². The third-order valence-electron chi connectivity index (χ3n) is 7.56. The topological polar surface area (TPSA) is 89.8 Å². The van der Waals surface area contributed by atoms with Crippen molar-refractivity contribution in [3.8, 4) is 33.9 Å². The summed E-state index contributed by atoms with van der Waals surface area (Å²) in [4.78, 5) is 26.2. The standard InChI is InChI=1S/C32H30F4N2O5/c1-37-31(40)28-23-15-22(20-8-11-25(41-2)24(14-20)30(39)38-13-12-18-4-3-5-18)26(42-17-32(34,35)36)16-27(23)43-29(28)19-6-9-21(33)10-7-19/h6-11,14-16,18H,3-5,12-13,17H2,1-2H3,(H,37,40)(H,38,39). The smallest absolute Gasteiger partial charge is 0.422 e. The van der Waals surface area contributed by atoms with Gasteiger partial charge in [0.1, 0.15) is 28.7 Å². The molecule has 5 rings (SSSR count). The van der Waals surface area contributed by atoms with Crippen LogP contribution >= 0.6 is 0 Å². The number of carbonyl (C=O) groups is 2. The van der Waals surface area contributed by atoms with Crippen LogP contribution in [0.1, 0.15) is 46.4 Å². The molecule has 0 bridgehead atoms. The van der Waals surface area contributed by atoms with Crippen molar-refractivity contribution in [3.05, 3.63) is 71.5 Å². The van der Waals surface area contributed by atoms with Crippen LogP contribution in [0, 0.1) is 11.7 Å². The lowest BCUT2D eigenvalue weighted by Gasteiger charge is -2.25. The van der Waals surface area contributed by atoms with Crippen molar-refractivity contribution in [3.63, 3.8) is 0 Å². The molecule has 0 atom stereocenters. The highest BCUT2D eigenvalue weighted by Crippen LogP contribution is 2.42. The van der Waals surface area contributed by atoms with Gasteiger partial charge in [0, 0.05) is 36.2 Å². The second-order valence-electron chi connectivity index (χ2n) is 10.4. The van der Waals surface area contributed by atoms with Crippen LogP contribution in [-0.4, -0.2) is 45.3 Å². The van der Waals surface area contributed by atoms with Crippen LogP contribution < -0.4 is 20.1 Å². The number of ether oxygens (including phenoxy) is 2. The van der Waals surface area contributed by atoms with Crippen molar-refractivity contribution in [1.29, 1.82) is 0 Å². The monoisotopic (exact) mass is 598 g/mol. The zero-order valence-corrected chi connectivity index (χ0v) is 23.6. The second kappa shape index (κ2) is 12.4. The number of benzene rings is 3. The summed E-state index contributed by atoms with van der Waals surface area (Å²) in [7, 11) is 2.85. The number of methoxy groups -OCH3 is 1. The van der Waals surface area contributed by atoms with E-state index in [1.165, 1.54) is 63.0 Å². The minimum atomic E-state index is -4.63. The van der Waals surface area contributed by atoms with Crippen LogP contribution in [0.15, 0.2) is 59.0 Å². The quantitative estimate of drug-likeness (QED) is 0.190. The number of fused-ring (bicyclic) bond motifs is 1. The van der Waals surface area contributed by atoms with E-state index in [0.717, 1.165) is 19.3 Å². The van der Waals surface area contributed by atoms with E-state index in [-0.39, 0.29) is 50.8 Å². The molecule has 43 heavy (non-hydrogen) atoms. The molecule has 0 spiro atoms. The zero-order valence-electron chi connectivity index (χ0n) is 23.6. The lowest BCUT2D eigenvalue weighted by molar-refractivity contribution is -0.153. The van der Waals surface area contributed by atoms with E-state index < -0.39 is 24.5 Å². The molecule has 2 amide bonds. The lowest BCUT2D eigenvalue weighted by atomic mass is 9.83. The molecule has 2 N–H and O–H groups in total. The molecule has 1 aliphatic carbocycles. The van der Waals surface area contributed by atoms with Gasteiger partial charge < -0.3 is 24.5 Å². The van der Waals surface area contributed by atoms with Gasteiger partial charge in [0.05, 0.1) is 18.2 Å². The van der Waals surface area contributed by atoms with Crippen LogP contribution in [0.2, 0.25) is 0 Å². The summed E-state index contributed by atoms with van der Waals surface area (Å²) in [5.74, 6) is -0.578. The number of halogens is 4. The van der Waals surface area contributed by atoms with Crippen molar-refractivity contribution >= 4 is 22.8 Å². The summed E-state index contributed by atoms with van der Waals surface area (Å²) >= 11 is 0. The van der Waals surface area contributed by atoms with Crippen molar-refractivity contribution < 1.29 is 41.0 Å². The van der Waals surface area contributed by atoms with Crippen molar-refractivity contribution in [2.75, 3.05) is 27.3 Å². The van der Waals surface area contributed by atoms with Crippen LogP contribution in [0.5, 0.6) is 11.5 Å². The van der Waals surface area contributed by atoms with Crippen LogP contribution in [0.4, 0.5) is 17.6 Å². The van der Waals surface area contributed by atoms with Crippen LogP contribution in [0.3, 0.4) is 0 Å². The van der Waals surface area contributed by atoms with Gasteiger partial charge in [-0.05, 0) is 60.4 Å². The minimum Gasteiger partial charge on any atom is -0.496 e. The van der Waals surface area contributed by atoms with Crippen LogP contribution in [0.25, 0.3) is 33.4 Å². The number of carbonyl (C=O) groups excluding carboxylic acids is 2. The molecule has 1 aromatic heterocycles. The maximum atomic E-state index is 13.6. The molecule has 11 heteroatoms. The molecule has 0 unspecified atom stereocenters. The molecular formula is C32H30F4N2O5. The van der Waals surface area contributed by atoms with E-state index in [0.29, 0.717) is 23.6 Å². The van der Waals surface area contributed by atoms with Gasteiger partial charge in [-0.2, -0.15) is 13.2 Å². The zero-order chi connectivity index (χ0) is 30.7. The summed E-state index contributed by atoms with van der Waals surface area (Å²) in [5.41, 5.74) is 1.33. The average molecular weight is 599 g/mol. The van der Waals surface area contributed by atoms with Gasteiger partial charge in [0.25, 0.3) is 11.8 Å². The maximum absolute atomic E-state index is 13.6. The SMILES string of the molecule is CNC(=O)c1c(-c2ccc(F)cc2)oc2cc(OCC(F)(F)F)c(-c3ccc(OC)c(C(=O)NCCC4CCC4)c3)cc12. The Kier molecular flexibility index (Phi) is 8.61.